The Balaban J connectivity index is 2.04. The van der Waals surface area contributed by atoms with Gasteiger partial charge in [-0.15, -0.1) is 0 Å². The van der Waals surface area contributed by atoms with Crippen LogP contribution in [0, 0.1) is 6.92 Å². The standard InChI is InChI=1S/C21H18ClNO4S/c1-3-27-21(26)18-19(25)17(11-13-4-9-16(24)12(2)10-13)28-20(18)23-15-7-5-14(22)6-8-15/h4-11,24-25H,3H2,1-2H3/b17-11+,23-20?. The number of aryl methyl sites for hydroxylation is 1. The number of aromatic hydroxyl groups is 1. The zero-order chi connectivity index (χ0) is 20.3. The lowest BCUT2D eigenvalue weighted by Gasteiger charge is -2.03. The van der Waals surface area contributed by atoms with Gasteiger partial charge in [0.05, 0.1) is 17.2 Å². The van der Waals surface area contributed by atoms with E-state index in [9.17, 15) is 15.0 Å². The number of aliphatic imine (C=N–C) groups is 1. The Hall–Kier alpha value is -2.70. The van der Waals surface area contributed by atoms with Gasteiger partial charge >= 0.3 is 5.97 Å². The summed E-state index contributed by atoms with van der Waals surface area (Å²) in [5, 5.41) is 21.3. The molecule has 2 aromatic rings. The maximum absolute atomic E-state index is 12.4. The maximum Gasteiger partial charge on any atom is 0.344 e. The number of ether oxygens (including phenoxy) is 1. The molecule has 0 aromatic heterocycles. The van der Waals surface area contributed by atoms with E-state index >= 15 is 0 Å². The van der Waals surface area contributed by atoms with Gasteiger partial charge in [-0.25, -0.2) is 9.79 Å². The first-order valence-corrected chi connectivity index (χ1v) is 9.73. The molecule has 2 N–H and O–H groups in total. The molecule has 0 spiro atoms. The van der Waals surface area contributed by atoms with Crippen molar-refractivity contribution in [3.05, 3.63) is 74.9 Å². The molecule has 1 aliphatic rings. The molecule has 2 aromatic carbocycles. The highest BCUT2D eigenvalue weighted by Gasteiger charge is 2.33. The van der Waals surface area contributed by atoms with Crippen molar-refractivity contribution in [3.63, 3.8) is 0 Å². The minimum Gasteiger partial charge on any atom is -0.508 e. The van der Waals surface area contributed by atoms with Crippen molar-refractivity contribution >= 4 is 46.1 Å². The van der Waals surface area contributed by atoms with Crippen molar-refractivity contribution < 1.29 is 19.7 Å². The largest absolute Gasteiger partial charge is 0.508 e. The van der Waals surface area contributed by atoms with Crippen molar-refractivity contribution in [3.8, 4) is 5.75 Å². The van der Waals surface area contributed by atoms with E-state index in [1.54, 1.807) is 62.4 Å². The summed E-state index contributed by atoms with van der Waals surface area (Å²) in [6.07, 6.45) is 1.73. The van der Waals surface area contributed by atoms with Crippen LogP contribution >= 0.6 is 23.4 Å². The summed E-state index contributed by atoms with van der Waals surface area (Å²) in [6, 6.07) is 11.9. The predicted octanol–water partition coefficient (Wildman–Crippen LogP) is 5.55. The summed E-state index contributed by atoms with van der Waals surface area (Å²) >= 11 is 7.08. The number of rotatable bonds is 4. The van der Waals surface area contributed by atoms with Crippen LogP contribution in [0.3, 0.4) is 0 Å². The van der Waals surface area contributed by atoms with Crippen LogP contribution in [0.25, 0.3) is 6.08 Å². The lowest BCUT2D eigenvalue weighted by molar-refractivity contribution is -0.138. The Morgan fingerprint density at radius 1 is 1.21 bits per heavy atom. The molecular formula is C21H18ClNO4S. The second kappa shape index (κ2) is 8.54. The number of benzene rings is 2. The topological polar surface area (TPSA) is 79.1 Å². The molecule has 3 rings (SSSR count). The molecule has 0 bridgehead atoms. The average Bonchev–Trinajstić information content (AvgIpc) is 2.95. The van der Waals surface area contributed by atoms with Gasteiger partial charge < -0.3 is 14.9 Å². The third-order valence-electron chi connectivity index (χ3n) is 3.95. The van der Waals surface area contributed by atoms with Crippen molar-refractivity contribution in [2.75, 3.05) is 6.61 Å². The Morgan fingerprint density at radius 2 is 1.93 bits per heavy atom. The number of thioether (sulfide) groups is 1. The van der Waals surface area contributed by atoms with E-state index in [1.165, 1.54) is 11.8 Å². The first kappa shape index (κ1) is 20.0. The lowest BCUT2D eigenvalue weighted by atomic mass is 10.1. The second-order valence-corrected chi connectivity index (χ2v) is 7.46. The zero-order valence-corrected chi connectivity index (χ0v) is 16.8. The van der Waals surface area contributed by atoms with E-state index in [0.29, 0.717) is 26.2 Å². The summed E-state index contributed by atoms with van der Waals surface area (Å²) in [6.45, 7) is 3.67. The van der Waals surface area contributed by atoms with E-state index in [4.69, 9.17) is 16.3 Å². The monoisotopic (exact) mass is 415 g/mol. The molecule has 1 aliphatic heterocycles. The van der Waals surface area contributed by atoms with Crippen molar-refractivity contribution in [2.45, 2.75) is 13.8 Å². The van der Waals surface area contributed by atoms with Gasteiger partial charge in [0.1, 0.15) is 22.1 Å². The molecule has 7 heteroatoms. The third-order valence-corrected chi connectivity index (χ3v) is 5.22. The Morgan fingerprint density at radius 3 is 2.57 bits per heavy atom. The van der Waals surface area contributed by atoms with Gasteiger partial charge in [0.2, 0.25) is 0 Å². The number of carbonyl (C=O) groups excluding carboxylic acids is 1. The summed E-state index contributed by atoms with van der Waals surface area (Å²) in [4.78, 5) is 17.3. The van der Waals surface area contributed by atoms with Gasteiger partial charge in [0.25, 0.3) is 0 Å². The number of hydrogen-bond acceptors (Lipinski definition) is 6. The molecule has 0 fully saturated rings. The number of aliphatic hydroxyl groups excluding tert-OH is 1. The number of carbonyl (C=O) groups is 1. The average molecular weight is 416 g/mol. The quantitative estimate of drug-likeness (QED) is 0.640. The van der Waals surface area contributed by atoms with Crippen molar-refractivity contribution in [1.82, 2.24) is 0 Å². The summed E-state index contributed by atoms with van der Waals surface area (Å²) < 4.78 is 5.08. The molecule has 0 saturated carbocycles. The highest BCUT2D eigenvalue weighted by molar-refractivity contribution is 8.18. The molecule has 0 radical (unpaired) electrons. The van der Waals surface area contributed by atoms with Crippen LogP contribution in [-0.2, 0) is 9.53 Å². The smallest absolute Gasteiger partial charge is 0.344 e. The van der Waals surface area contributed by atoms with Crippen LogP contribution in [0.2, 0.25) is 5.02 Å². The predicted molar refractivity (Wildman–Crippen MR) is 113 cm³/mol. The highest BCUT2D eigenvalue weighted by Crippen LogP contribution is 2.40. The fourth-order valence-electron chi connectivity index (χ4n) is 2.54. The summed E-state index contributed by atoms with van der Waals surface area (Å²) in [5.74, 6) is -0.620. The minimum absolute atomic E-state index is 0.0311. The lowest BCUT2D eigenvalue weighted by Crippen LogP contribution is -2.12. The zero-order valence-electron chi connectivity index (χ0n) is 15.3. The van der Waals surface area contributed by atoms with Gasteiger partial charge in [-0.1, -0.05) is 29.4 Å². The molecule has 0 aliphatic carbocycles. The van der Waals surface area contributed by atoms with Gasteiger partial charge in [0.15, 0.2) is 0 Å². The molecule has 0 saturated heterocycles. The fourth-order valence-corrected chi connectivity index (χ4v) is 3.71. The normalized spacial score (nSPS) is 16.8. The minimum atomic E-state index is -0.634. The molecule has 0 unspecified atom stereocenters. The number of hydrogen-bond donors (Lipinski definition) is 2. The van der Waals surface area contributed by atoms with Crippen LogP contribution in [0.1, 0.15) is 18.1 Å². The summed E-state index contributed by atoms with van der Waals surface area (Å²) in [5.41, 5.74) is 2.12. The number of halogens is 1. The van der Waals surface area contributed by atoms with E-state index in [0.717, 1.165) is 5.56 Å². The van der Waals surface area contributed by atoms with Crippen molar-refractivity contribution in [2.24, 2.45) is 4.99 Å². The van der Waals surface area contributed by atoms with Crippen LogP contribution in [0.15, 0.2) is 63.7 Å². The van der Waals surface area contributed by atoms with E-state index in [1.807, 2.05) is 0 Å². The highest BCUT2D eigenvalue weighted by atomic mass is 35.5. The number of phenolic OH excluding ortho intramolecular Hbond substituents is 1. The van der Waals surface area contributed by atoms with Gasteiger partial charge in [-0.05, 0) is 67.4 Å². The van der Waals surface area contributed by atoms with Crippen LogP contribution in [-0.4, -0.2) is 27.8 Å². The first-order chi connectivity index (χ1) is 13.4. The Kier molecular flexibility index (Phi) is 6.11. The SMILES string of the molecule is CCOC(=O)C1=C(O)/C(=C\c2ccc(O)c(C)c2)SC1=Nc1ccc(Cl)cc1. The van der Waals surface area contributed by atoms with Crippen molar-refractivity contribution in [1.29, 1.82) is 0 Å². The number of aliphatic hydroxyl groups is 1. The van der Waals surface area contributed by atoms with Crippen LogP contribution < -0.4 is 0 Å². The molecule has 1 heterocycles. The van der Waals surface area contributed by atoms with Crippen LogP contribution in [0.5, 0.6) is 5.75 Å². The molecule has 5 nitrogen and oxygen atoms in total. The Bertz CT molecular complexity index is 1010. The molecule has 0 amide bonds. The van der Waals surface area contributed by atoms with Crippen LogP contribution in [0.4, 0.5) is 5.69 Å². The first-order valence-electron chi connectivity index (χ1n) is 8.53. The van der Waals surface area contributed by atoms with Gasteiger partial charge in [0, 0.05) is 5.02 Å². The van der Waals surface area contributed by atoms with E-state index in [-0.39, 0.29) is 23.7 Å². The van der Waals surface area contributed by atoms with Gasteiger partial charge in [-0.3, -0.25) is 0 Å². The third kappa shape index (κ3) is 4.40. The number of esters is 1. The molecule has 144 valence electrons. The molecule has 28 heavy (non-hydrogen) atoms. The molecular weight excluding hydrogens is 398 g/mol. The summed E-state index contributed by atoms with van der Waals surface area (Å²) in [7, 11) is 0. The maximum atomic E-state index is 12.4. The Labute approximate surface area is 172 Å². The van der Waals surface area contributed by atoms with Gasteiger partial charge in [-0.2, -0.15) is 0 Å². The fraction of sp³-hybridized carbons (Fsp3) is 0.143. The number of nitrogens with zero attached hydrogens (tertiary/aromatic N) is 1. The van der Waals surface area contributed by atoms with E-state index < -0.39 is 5.97 Å². The van der Waals surface area contributed by atoms with E-state index in [2.05, 4.69) is 4.99 Å². The number of phenols is 1. The second-order valence-electron chi connectivity index (χ2n) is 5.99. The molecule has 0 atom stereocenters.